The van der Waals surface area contributed by atoms with Crippen molar-refractivity contribution in [3.8, 4) is 5.75 Å². The van der Waals surface area contributed by atoms with Gasteiger partial charge in [0.25, 0.3) is 0 Å². The van der Waals surface area contributed by atoms with E-state index in [2.05, 4.69) is 36.9 Å². The molecule has 5 nitrogen and oxygen atoms in total. The SMILES string of the molecule is COc1ccccc1C1=NNNN1C(C)(C)C. The molecule has 1 aliphatic rings. The van der Waals surface area contributed by atoms with Crippen molar-refractivity contribution in [3.63, 3.8) is 0 Å². The summed E-state index contributed by atoms with van der Waals surface area (Å²) >= 11 is 0. The standard InChI is InChI=1S/C12H18N4O/c1-12(2,3)16-11(13-14-15-16)9-7-5-6-8-10(9)17-4/h5-8,14-15H,1-4H3. The molecule has 5 heteroatoms. The minimum absolute atomic E-state index is 0.0802. The highest BCUT2D eigenvalue weighted by atomic mass is 16.5. The van der Waals surface area contributed by atoms with Gasteiger partial charge < -0.3 is 4.74 Å². The first kappa shape index (κ1) is 11.7. The number of hydrazone groups is 1. The third-order valence-corrected chi connectivity index (χ3v) is 2.55. The lowest BCUT2D eigenvalue weighted by Crippen LogP contribution is -2.52. The normalized spacial score (nSPS) is 15.5. The first-order chi connectivity index (χ1) is 8.04. The van der Waals surface area contributed by atoms with Crippen molar-refractivity contribution in [2.24, 2.45) is 5.10 Å². The van der Waals surface area contributed by atoms with Crippen LogP contribution in [0.2, 0.25) is 0 Å². The van der Waals surface area contributed by atoms with Crippen LogP contribution >= 0.6 is 0 Å². The van der Waals surface area contributed by atoms with Gasteiger partial charge >= 0.3 is 0 Å². The highest BCUT2D eigenvalue weighted by molar-refractivity contribution is 6.01. The fourth-order valence-corrected chi connectivity index (χ4v) is 1.73. The topological polar surface area (TPSA) is 48.9 Å². The molecule has 17 heavy (non-hydrogen) atoms. The van der Waals surface area contributed by atoms with Crippen molar-refractivity contribution < 1.29 is 4.74 Å². The zero-order valence-corrected chi connectivity index (χ0v) is 10.6. The Balaban J connectivity index is 2.39. The number of amidine groups is 1. The molecule has 1 aromatic rings. The van der Waals surface area contributed by atoms with Crippen molar-refractivity contribution in [1.29, 1.82) is 0 Å². The third-order valence-electron chi connectivity index (χ3n) is 2.55. The predicted molar refractivity (Wildman–Crippen MR) is 67.4 cm³/mol. The number of hydrogen-bond acceptors (Lipinski definition) is 5. The van der Waals surface area contributed by atoms with Gasteiger partial charge in [-0.25, -0.2) is 5.53 Å². The van der Waals surface area contributed by atoms with Crippen LogP contribution in [-0.4, -0.2) is 23.5 Å². The Kier molecular flexibility index (Phi) is 2.93. The molecular formula is C12H18N4O. The average molecular weight is 234 g/mol. The number of hydrogen-bond donors (Lipinski definition) is 2. The molecule has 0 fully saturated rings. The van der Waals surface area contributed by atoms with E-state index < -0.39 is 0 Å². The molecule has 0 amide bonds. The smallest absolute Gasteiger partial charge is 0.177 e. The molecule has 0 spiro atoms. The zero-order valence-electron chi connectivity index (χ0n) is 10.6. The maximum absolute atomic E-state index is 5.36. The number of benzene rings is 1. The molecule has 0 saturated carbocycles. The van der Waals surface area contributed by atoms with Crippen LogP contribution in [0.5, 0.6) is 5.75 Å². The lowest BCUT2D eigenvalue weighted by atomic mass is 10.1. The molecular weight excluding hydrogens is 216 g/mol. The van der Waals surface area contributed by atoms with Gasteiger partial charge in [-0.2, -0.15) is 0 Å². The van der Waals surface area contributed by atoms with E-state index in [0.717, 1.165) is 17.1 Å². The molecule has 0 aromatic heterocycles. The summed E-state index contributed by atoms with van der Waals surface area (Å²) in [5.41, 5.74) is 6.69. The number of methoxy groups -OCH3 is 1. The van der Waals surface area contributed by atoms with Crippen LogP contribution in [-0.2, 0) is 0 Å². The molecule has 0 bridgehead atoms. The summed E-state index contributed by atoms with van der Waals surface area (Å²) in [6.07, 6.45) is 0. The molecule has 0 atom stereocenters. The van der Waals surface area contributed by atoms with Gasteiger partial charge in [0.1, 0.15) is 5.75 Å². The summed E-state index contributed by atoms with van der Waals surface area (Å²) in [6, 6.07) is 7.84. The fourth-order valence-electron chi connectivity index (χ4n) is 1.73. The minimum Gasteiger partial charge on any atom is -0.496 e. The van der Waals surface area contributed by atoms with E-state index in [1.807, 2.05) is 29.3 Å². The lowest BCUT2D eigenvalue weighted by Gasteiger charge is -2.33. The van der Waals surface area contributed by atoms with Crippen LogP contribution in [0.25, 0.3) is 0 Å². The molecule has 0 saturated heterocycles. The maximum Gasteiger partial charge on any atom is 0.177 e. The number of ether oxygens (including phenoxy) is 1. The number of rotatable bonds is 2. The van der Waals surface area contributed by atoms with E-state index in [9.17, 15) is 0 Å². The van der Waals surface area contributed by atoms with E-state index in [4.69, 9.17) is 4.74 Å². The quantitative estimate of drug-likeness (QED) is 0.813. The van der Waals surface area contributed by atoms with E-state index in [1.54, 1.807) is 7.11 Å². The van der Waals surface area contributed by atoms with Gasteiger partial charge in [0.2, 0.25) is 0 Å². The summed E-state index contributed by atoms with van der Waals surface area (Å²) in [7, 11) is 1.66. The van der Waals surface area contributed by atoms with Crippen molar-refractivity contribution in [2.75, 3.05) is 7.11 Å². The molecule has 92 valence electrons. The van der Waals surface area contributed by atoms with Gasteiger partial charge in [-0.05, 0) is 32.9 Å². The fraction of sp³-hybridized carbons (Fsp3) is 0.417. The van der Waals surface area contributed by atoms with Crippen molar-refractivity contribution in [3.05, 3.63) is 29.8 Å². The first-order valence-corrected chi connectivity index (χ1v) is 5.56. The number of nitrogens with zero attached hydrogens (tertiary/aromatic N) is 2. The Hall–Kier alpha value is -1.75. The Morgan fingerprint density at radius 1 is 1.24 bits per heavy atom. The van der Waals surface area contributed by atoms with Gasteiger partial charge in [-0.3, -0.25) is 5.01 Å². The predicted octanol–water partition coefficient (Wildman–Crippen LogP) is 1.48. The molecule has 1 heterocycles. The molecule has 0 aliphatic carbocycles. The van der Waals surface area contributed by atoms with Gasteiger partial charge in [-0.15, -0.1) is 10.6 Å². The Bertz CT molecular complexity index is 436. The molecule has 0 radical (unpaired) electrons. The summed E-state index contributed by atoms with van der Waals surface area (Å²) in [5.74, 6) is 1.64. The largest absolute Gasteiger partial charge is 0.496 e. The van der Waals surface area contributed by atoms with E-state index >= 15 is 0 Å². The van der Waals surface area contributed by atoms with Crippen molar-refractivity contribution in [1.82, 2.24) is 16.1 Å². The van der Waals surface area contributed by atoms with Gasteiger partial charge in [0.15, 0.2) is 5.84 Å². The summed E-state index contributed by atoms with van der Waals surface area (Å²) in [5, 5.41) is 6.24. The molecule has 0 unspecified atom stereocenters. The second kappa shape index (κ2) is 4.25. The average Bonchev–Trinajstić information content (AvgIpc) is 2.77. The lowest BCUT2D eigenvalue weighted by molar-refractivity contribution is 0.162. The Labute approximate surface area is 101 Å². The highest BCUT2D eigenvalue weighted by Crippen LogP contribution is 2.24. The highest BCUT2D eigenvalue weighted by Gasteiger charge is 2.30. The summed E-state index contributed by atoms with van der Waals surface area (Å²) in [4.78, 5) is 0. The number of hydrazine groups is 2. The van der Waals surface area contributed by atoms with Gasteiger partial charge in [0, 0.05) is 0 Å². The second-order valence-electron chi connectivity index (χ2n) is 4.87. The van der Waals surface area contributed by atoms with Crippen molar-refractivity contribution in [2.45, 2.75) is 26.3 Å². The third kappa shape index (κ3) is 2.19. The molecule has 1 aliphatic heterocycles. The van der Waals surface area contributed by atoms with Crippen molar-refractivity contribution >= 4 is 5.84 Å². The second-order valence-corrected chi connectivity index (χ2v) is 4.87. The summed E-state index contributed by atoms with van der Waals surface area (Å²) < 4.78 is 5.36. The van der Waals surface area contributed by atoms with Crippen LogP contribution in [0.3, 0.4) is 0 Å². The first-order valence-electron chi connectivity index (χ1n) is 5.56. The maximum atomic E-state index is 5.36. The van der Waals surface area contributed by atoms with E-state index in [1.165, 1.54) is 0 Å². The van der Waals surface area contributed by atoms with Gasteiger partial charge in [0.05, 0.1) is 18.2 Å². The number of nitrogens with one attached hydrogen (secondary N) is 2. The van der Waals surface area contributed by atoms with Crippen LogP contribution in [0.4, 0.5) is 0 Å². The minimum atomic E-state index is -0.0802. The van der Waals surface area contributed by atoms with Crippen LogP contribution in [0, 0.1) is 0 Å². The van der Waals surface area contributed by atoms with Crippen LogP contribution < -0.4 is 15.8 Å². The monoisotopic (exact) mass is 234 g/mol. The van der Waals surface area contributed by atoms with E-state index in [0.29, 0.717) is 0 Å². The Morgan fingerprint density at radius 3 is 2.59 bits per heavy atom. The molecule has 1 aromatic carbocycles. The Morgan fingerprint density at radius 2 is 1.94 bits per heavy atom. The van der Waals surface area contributed by atoms with Crippen LogP contribution in [0.15, 0.2) is 29.4 Å². The zero-order chi connectivity index (χ0) is 12.5. The molecule has 2 rings (SSSR count). The summed E-state index contributed by atoms with van der Waals surface area (Å²) in [6.45, 7) is 6.33. The van der Waals surface area contributed by atoms with Gasteiger partial charge in [-0.1, -0.05) is 12.1 Å². The number of para-hydroxylation sites is 1. The van der Waals surface area contributed by atoms with Crippen LogP contribution in [0.1, 0.15) is 26.3 Å². The van der Waals surface area contributed by atoms with E-state index in [-0.39, 0.29) is 5.54 Å². The molecule has 2 N–H and O–H groups in total.